The van der Waals surface area contributed by atoms with Gasteiger partial charge in [0.15, 0.2) is 0 Å². The summed E-state index contributed by atoms with van der Waals surface area (Å²) in [5.41, 5.74) is 0.908. The molecule has 0 radical (unpaired) electrons. The molecule has 0 saturated heterocycles. The fraction of sp³-hybridized carbons (Fsp3) is 0.235. The third kappa shape index (κ3) is 5.09. The second-order valence-corrected chi connectivity index (χ2v) is 10.3. The Morgan fingerprint density at radius 3 is 2.18 bits per heavy atom. The number of halogens is 1. The fourth-order valence-electron chi connectivity index (χ4n) is 2.28. The van der Waals surface area contributed by atoms with Crippen molar-refractivity contribution in [2.45, 2.75) is 16.7 Å². The molecule has 8 nitrogen and oxygen atoms in total. The Kier molecular flexibility index (Phi) is 6.84. The van der Waals surface area contributed by atoms with Crippen LogP contribution in [0.15, 0.2) is 52.3 Å². The third-order valence-corrected chi connectivity index (χ3v) is 7.43. The Morgan fingerprint density at radius 2 is 1.61 bits per heavy atom. The van der Waals surface area contributed by atoms with Crippen LogP contribution in [-0.4, -0.2) is 47.7 Å². The molecule has 0 aliphatic heterocycles. The first-order valence-electron chi connectivity index (χ1n) is 8.03. The van der Waals surface area contributed by atoms with Gasteiger partial charge in [-0.15, -0.1) is 0 Å². The van der Waals surface area contributed by atoms with Gasteiger partial charge in [-0.3, -0.25) is 4.79 Å². The van der Waals surface area contributed by atoms with E-state index in [0.717, 1.165) is 4.31 Å². The minimum Gasteiger partial charge on any atom is -0.325 e. The van der Waals surface area contributed by atoms with E-state index in [4.69, 9.17) is 11.6 Å². The summed E-state index contributed by atoms with van der Waals surface area (Å²) in [4.78, 5) is 12.3. The van der Waals surface area contributed by atoms with Crippen molar-refractivity contribution in [2.24, 2.45) is 0 Å². The maximum Gasteiger partial charge on any atom is 0.243 e. The molecule has 0 heterocycles. The zero-order chi connectivity index (χ0) is 21.1. The van der Waals surface area contributed by atoms with Crippen molar-refractivity contribution in [3.8, 4) is 0 Å². The number of nitrogens with zero attached hydrogens (tertiary/aromatic N) is 1. The Bertz CT molecular complexity index is 1080. The largest absolute Gasteiger partial charge is 0.325 e. The number of aryl methyl sites for hydroxylation is 1. The standard InChI is InChI=1S/C17H20ClN3O5S2/c1-12-4-7-15(27(23,24)19-2)10-16(12)20-17(22)11-21(3)28(25,26)14-8-5-13(18)6-9-14/h4-10,19H,11H2,1-3H3,(H,20,22). The van der Waals surface area contributed by atoms with Gasteiger partial charge < -0.3 is 5.32 Å². The number of amides is 1. The highest BCUT2D eigenvalue weighted by Gasteiger charge is 2.23. The Balaban J connectivity index is 2.18. The number of carbonyl (C=O) groups excluding carboxylic acids is 1. The van der Waals surface area contributed by atoms with Gasteiger partial charge in [0.25, 0.3) is 0 Å². The van der Waals surface area contributed by atoms with E-state index >= 15 is 0 Å². The minimum absolute atomic E-state index is 0.00508. The van der Waals surface area contributed by atoms with Crippen LogP contribution in [0, 0.1) is 6.92 Å². The van der Waals surface area contributed by atoms with Crippen LogP contribution in [0.5, 0.6) is 0 Å². The van der Waals surface area contributed by atoms with Gasteiger partial charge in [-0.2, -0.15) is 4.31 Å². The Morgan fingerprint density at radius 1 is 1.04 bits per heavy atom. The van der Waals surface area contributed by atoms with E-state index in [1.54, 1.807) is 13.0 Å². The molecule has 152 valence electrons. The molecule has 0 bridgehead atoms. The number of hydrogen-bond acceptors (Lipinski definition) is 5. The first kappa shape index (κ1) is 22.3. The van der Waals surface area contributed by atoms with Crippen LogP contribution in [0.3, 0.4) is 0 Å². The van der Waals surface area contributed by atoms with Crippen molar-refractivity contribution < 1.29 is 21.6 Å². The lowest BCUT2D eigenvalue weighted by Gasteiger charge is -2.17. The molecule has 0 unspecified atom stereocenters. The van der Waals surface area contributed by atoms with Crippen molar-refractivity contribution in [2.75, 3.05) is 26.0 Å². The summed E-state index contributed by atoms with van der Waals surface area (Å²) < 4.78 is 52.0. The summed E-state index contributed by atoms with van der Waals surface area (Å²) in [6.07, 6.45) is 0. The number of carbonyl (C=O) groups is 1. The van der Waals surface area contributed by atoms with Crippen LogP contribution in [0.1, 0.15) is 5.56 Å². The van der Waals surface area contributed by atoms with Crippen molar-refractivity contribution >= 4 is 43.2 Å². The first-order chi connectivity index (χ1) is 13.0. The molecule has 2 aromatic rings. The second-order valence-electron chi connectivity index (χ2n) is 5.95. The van der Waals surface area contributed by atoms with Crippen LogP contribution < -0.4 is 10.0 Å². The van der Waals surface area contributed by atoms with Crippen LogP contribution in [0.4, 0.5) is 5.69 Å². The Labute approximate surface area is 169 Å². The van der Waals surface area contributed by atoms with E-state index in [1.165, 1.54) is 50.5 Å². The molecule has 2 rings (SSSR count). The normalized spacial score (nSPS) is 12.2. The molecule has 0 aliphatic carbocycles. The van der Waals surface area contributed by atoms with Crippen molar-refractivity contribution in [3.63, 3.8) is 0 Å². The number of benzene rings is 2. The second kappa shape index (κ2) is 8.58. The van der Waals surface area contributed by atoms with Crippen molar-refractivity contribution in [1.82, 2.24) is 9.03 Å². The molecule has 0 atom stereocenters. The highest BCUT2D eigenvalue weighted by molar-refractivity contribution is 7.89. The molecule has 28 heavy (non-hydrogen) atoms. The Hall–Kier alpha value is -1.98. The number of likely N-dealkylation sites (N-methyl/N-ethyl adjacent to an activating group) is 1. The highest BCUT2D eigenvalue weighted by atomic mass is 35.5. The van der Waals surface area contributed by atoms with Gasteiger partial charge in [0, 0.05) is 17.8 Å². The van der Waals surface area contributed by atoms with E-state index in [1.807, 2.05) is 0 Å². The van der Waals surface area contributed by atoms with Gasteiger partial charge in [-0.05, 0) is 55.9 Å². The third-order valence-electron chi connectivity index (χ3n) is 3.95. The lowest BCUT2D eigenvalue weighted by atomic mass is 10.2. The molecule has 1 amide bonds. The highest BCUT2D eigenvalue weighted by Crippen LogP contribution is 2.21. The maximum atomic E-state index is 12.5. The van der Waals surface area contributed by atoms with Gasteiger partial charge in [-0.25, -0.2) is 21.6 Å². The van der Waals surface area contributed by atoms with Gasteiger partial charge in [0.05, 0.1) is 16.3 Å². The summed E-state index contributed by atoms with van der Waals surface area (Å²) in [6.45, 7) is 1.24. The molecule has 2 aromatic carbocycles. The van der Waals surface area contributed by atoms with E-state index in [9.17, 15) is 21.6 Å². The summed E-state index contributed by atoms with van der Waals surface area (Å²) in [5.74, 6) is -0.609. The maximum absolute atomic E-state index is 12.5. The summed E-state index contributed by atoms with van der Waals surface area (Å²) in [6, 6.07) is 9.86. The van der Waals surface area contributed by atoms with Gasteiger partial charge in [-0.1, -0.05) is 17.7 Å². The van der Waals surface area contributed by atoms with Gasteiger partial charge in [0.2, 0.25) is 26.0 Å². The molecule has 0 saturated carbocycles. The van der Waals surface area contributed by atoms with E-state index in [-0.39, 0.29) is 15.5 Å². The number of rotatable bonds is 7. The molecule has 11 heteroatoms. The quantitative estimate of drug-likeness (QED) is 0.674. The van der Waals surface area contributed by atoms with Crippen molar-refractivity contribution in [3.05, 3.63) is 53.1 Å². The van der Waals surface area contributed by atoms with E-state index in [0.29, 0.717) is 10.6 Å². The molecule has 0 aromatic heterocycles. The molecule has 2 N–H and O–H groups in total. The summed E-state index contributed by atoms with van der Waals surface area (Å²) in [7, 11) is -5.00. The molecule has 0 fully saturated rings. The lowest BCUT2D eigenvalue weighted by Crippen LogP contribution is -2.35. The monoisotopic (exact) mass is 445 g/mol. The van der Waals surface area contributed by atoms with Gasteiger partial charge in [0.1, 0.15) is 0 Å². The van der Waals surface area contributed by atoms with Crippen LogP contribution in [-0.2, 0) is 24.8 Å². The predicted octanol–water partition coefficient (Wildman–Crippen LogP) is 1.82. The number of sulfonamides is 2. The predicted molar refractivity (Wildman–Crippen MR) is 107 cm³/mol. The average molecular weight is 446 g/mol. The first-order valence-corrected chi connectivity index (χ1v) is 11.3. The van der Waals surface area contributed by atoms with Crippen molar-refractivity contribution in [1.29, 1.82) is 0 Å². The zero-order valence-electron chi connectivity index (χ0n) is 15.4. The number of anilines is 1. The van der Waals surface area contributed by atoms with E-state index < -0.39 is 32.5 Å². The zero-order valence-corrected chi connectivity index (χ0v) is 17.8. The fourth-order valence-corrected chi connectivity index (χ4v) is 4.29. The smallest absolute Gasteiger partial charge is 0.243 e. The summed E-state index contributed by atoms with van der Waals surface area (Å²) in [5, 5.41) is 2.95. The number of nitrogens with one attached hydrogen (secondary N) is 2. The van der Waals surface area contributed by atoms with Gasteiger partial charge >= 0.3 is 0 Å². The van der Waals surface area contributed by atoms with Crippen LogP contribution in [0.25, 0.3) is 0 Å². The molecule has 0 spiro atoms. The minimum atomic E-state index is -3.88. The lowest BCUT2D eigenvalue weighted by molar-refractivity contribution is -0.116. The topological polar surface area (TPSA) is 113 Å². The SMILES string of the molecule is CNS(=O)(=O)c1ccc(C)c(NC(=O)CN(C)S(=O)(=O)c2ccc(Cl)cc2)c1. The molecular formula is C17H20ClN3O5S2. The molecule has 0 aliphatic rings. The number of hydrogen-bond donors (Lipinski definition) is 2. The van der Waals surface area contributed by atoms with E-state index in [2.05, 4.69) is 10.0 Å². The van der Waals surface area contributed by atoms with Crippen LogP contribution >= 0.6 is 11.6 Å². The van der Waals surface area contributed by atoms with Crippen LogP contribution in [0.2, 0.25) is 5.02 Å². The average Bonchev–Trinajstić information content (AvgIpc) is 2.63. The summed E-state index contributed by atoms with van der Waals surface area (Å²) >= 11 is 5.77. The molecular weight excluding hydrogens is 426 g/mol.